The zero-order valence-corrected chi connectivity index (χ0v) is 15.2. The van der Waals surface area contributed by atoms with Crippen LogP contribution < -0.4 is 4.90 Å². The number of ether oxygens (including phenoxy) is 2. The Morgan fingerprint density at radius 2 is 1.96 bits per heavy atom. The molecule has 2 aromatic rings. The lowest BCUT2D eigenvalue weighted by molar-refractivity contribution is 0.0528. The zero-order valence-electron chi connectivity index (χ0n) is 15.2. The van der Waals surface area contributed by atoms with Crippen molar-refractivity contribution in [1.29, 1.82) is 0 Å². The van der Waals surface area contributed by atoms with E-state index in [0.29, 0.717) is 44.0 Å². The first-order valence-corrected chi connectivity index (χ1v) is 8.71. The summed E-state index contributed by atoms with van der Waals surface area (Å²) in [5, 5.41) is 4.14. The first kappa shape index (κ1) is 18.0. The summed E-state index contributed by atoms with van der Waals surface area (Å²) in [4.78, 5) is 32.3. The Morgan fingerprint density at radius 1 is 1.23 bits per heavy atom. The number of carbonyl (C=O) groups is 2. The number of anilines is 1. The molecule has 0 N–H and O–H groups in total. The van der Waals surface area contributed by atoms with E-state index >= 15 is 0 Å². The van der Waals surface area contributed by atoms with Gasteiger partial charge in [0.25, 0.3) is 0 Å². The van der Waals surface area contributed by atoms with Crippen LogP contribution in [0, 0.1) is 0 Å². The quantitative estimate of drug-likeness (QED) is 0.764. The van der Waals surface area contributed by atoms with Crippen molar-refractivity contribution in [2.24, 2.45) is 0 Å². The van der Waals surface area contributed by atoms with E-state index in [9.17, 15) is 9.59 Å². The number of carbonyl (C=O) groups excluding carboxylic acids is 2. The molecule has 2 aromatic heterocycles. The highest BCUT2D eigenvalue weighted by atomic mass is 16.6. The van der Waals surface area contributed by atoms with Crippen LogP contribution in [0.5, 0.6) is 0 Å². The number of hydrogen-bond donors (Lipinski definition) is 0. The van der Waals surface area contributed by atoms with Gasteiger partial charge in [0.1, 0.15) is 11.4 Å². The summed E-state index contributed by atoms with van der Waals surface area (Å²) in [5.74, 6) is 0.300. The van der Waals surface area contributed by atoms with Gasteiger partial charge in [-0.3, -0.25) is 0 Å². The Kier molecular flexibility index (Phi) is 5.24. The first-order chi connectivity index (χ1) is 12.5. The topological polar surface area (TPSA) is 89.3 Å². The van der Waals surface area contributed by atoms with Crippen LogP contribution in [0.4, 0.5) is 10.6 Å². The SMILES string of the molecule is CCOC(=O)c1cnn2ccc(N3CCN(C(=O)OC(C)C)CC3)nc12. The number of aromatic nitrogens is 3. The summed E-state index contributed by atoms with van der Waals surface area (Å²) < 4.78 is 11.8. The van der Waals surface area contributed by atoms with Gasteiger partial charge < -0.3 is 19.3 Å². The minimum atomic E-state index is -0.437. The Hall–Kier alpha value is -2.84. The van der Waals surface area contributed by atoms with Crippen molar-refractivity contribution in [2.45, 2.75) is 26.9 Å². The van der Waals surface area contributed by atoms with Gasteiger partial charge in [0, 0.05) is 32.4 Å². The molecule has 0 spiro atoms. The van der Waals surface area contributed by atoms with E-state index in [2.05, 4.69) is 15.0 Å². The molecule has 0 aliphatic carbocycles. The highest BCUT2D eigenvalue weighted by Gasteiger charge is 2.24. The smallest absolute Gasteiger partial charge is 0.410 e. The molecule has 3 rings (SSSR count). The largest absolute Gasteiger partial charge is 0.462 e. The fourth-order valence-electron chi connectivity index (χ4n) is 2.78. The minimum absolute atomic E-state index is 0.132. The third-order valence-electron chi connectivity index (χ3n) is 4.05. The summed E-state index contributed by atoms with van der Waals surface area (Å²) in [6, 6.07) is 1.84. The third kappa shape index (κ3) is 3.71. The summed E-state index contributed by atoms with van der Waals surface area (Å²) >= 11 is 0. The minimum Gasteiger partial charge on any atom is -0.462 e. The molecular weight excluding hydrogens is 338 g/mol. The van der Waals surface area contributed by atoms with Gasteiger partial charge in [-0.2, -0.15) is 5.10 Å². The molecule has 1 amide bonds. The van der Waals surface area contributed by atoms with E-state index in [1.54, 1.807) is 22.5 Å². The molecule has 9 heteroatoms. The molecule has 0 atom stereocenters. The summed E-state index contributed by atoms with van der Waals surface area (Å²) in [7, 11) is 0. The van der Waals surface area contributed by atoms with E-state index in [-0.39, 0.29) is 12.2 Å². The van der Waals surface area contributed by atoms with Crippen LogP contribution in [0.2, 0.25) is 0 Å². The molecule has 9 nitrogen and oxygen atoms in total. The number of esters is 1. The predicted octanol–water partition coefficient (Wildman–Crippen LogP) is 1.57. The van der Waals surface area contributed by atoms with Crippen molar-refractivity contribution >= 4 is 23.5 Å². The van der Waals surface area contributed by atoms with Gasteiger partial charge in [0.2, 0.25) is 0 Å². The Morgan fingerprint density at radius 3 is 2.62 bits per heavy atom. The van der Waals surface area contributed by atoms with Crippen molar-refractivity contribution < 1.29 is 19.1 Å². The average Bonchev–Trinajstić information content (AvgIpc) is 3.04. The second-order valence-electron chi connectivity index (χ2n) is 6.24. The number of piperazine rings is 1. The van der Waals surface area contributed by atoms with E-state index in [4.69, 9.17) is 9.47 Å². The van der Waals surface area contributed by atoms with Crippen LogP contribution in [-0.2, 0) is 9.47 Å². The summed E-state index contributed by atoms with van der Waals surface area (Å²) in [6.07, 6.45) is 2.81. The normalized spacial score (nSPS) is 14.8. The molecule has 1 fully saturated rings. The van der Waals surface area contributed by atoms with Gasteiger partial charge in [-0.25, -0.2) is 19.1 Å². The van der Waals surface area contributed by atoms with Crippen molar-refractivity contribution in [1.82, 2.24) is 19.5 Å². The molecule has 140 valence electrons. The van der Waals surface area contributed by atoms with Crippen molar-refractivity contribution in [3.63, 3.8) is 0 Å². The molecule has 3 heterocycles. The lowest BCUT2D eigenvalue weighted by atomic mass is 10.3. The maximum atomic E-state index is 12.0. The second kappa shape index (κ2) is 7.59. The van der Waals surface area contributed by atoms with E-state index in [0.717, 1.165) is 5.82 Å². The predicted molar refractivity (Wildman–Crippen MR) is 94.3 cm³/mol. The number of amides is 1. The molecule has 1 aliphatic heterocycles. The van der Waals surface area contributed by atoms with E-state index in [1.807, 2.05) is 19.9 Å². The average molecular weight is 361 g/mol. The Bertz CT molecular complexity index is 796. The molecule has 0 radical (unpaired) electrons. The van der Waals surface area contributed by atoms with Gasteiger partial charge in [-0.15, -0.1) is 0 Å². The maximum absolute atomic E-state index is 12.0. The van der Waals surface area contributed by atoms with Gasteiger partial charge in [-0.1, -0.05) is 0 Å². The Labute approximate surface area is 151 Å². The molecule has 0 bridgehead atoms. The molecule has 0 aromatic carbocycles. The number of nitrogens with zero attached hydrogens (tertiary/aromatic N) is 5. The van der Waals surface area contributed by atoms with Crippen molar-refractivity contribution in [3.8, 4) is 0 Å². The molecule has 26 heavy (non-hydrogen) atoms. The van der Waals surface area contributed by atoms with E-state index < -0.39 is 5.97 Å². The maximum Gasteiger partial charge on any atom is 0.410 e. The Balaban J connectivity index is 1.72. The molecule has 1 saturated heterocycles. The highest BCUT2D eigenvalue weighted by molar-refractivity contribution is 5.95. The third-order valence-corrected chi connectivity index (χ3v) is 4.05. The fourth-order valence-corrected chi connectivity index (χ4v) is 2.78. The van der Waals surface area contributed by atoms with Crippen LogP contribution in [0.1, 0.15) is 31.1 Å². The lowest BCUT2D eigenvalue weighted by Crippen LogP contribution is -2.49. The number of hydrogen-bond acceptors (Lipinski definition) is 7. The standard InChI is InChI=1S/C17H23N5O4/c1-4-25-16(23)13-11-18-22-6-5-14(19-15(13)22)20-7-9-21(10-8-20)17(24)26-12(2)3/h5-6,11-12H,4,7-10H2,1-3H3. The lowest BCUT2D eigenvalue weighted by Gasteiger charge is -2.35. The van der Waals surface area contributed by atoms with Crippen LogP contribution in [-0.4, -0.2) is 70.5 Å². The number of rotatable bonds is 4. The van der Waals surface area contributed by atoms with Crippen molar-refractivity contribution in [2.75, 3.05) is 37.7 Å². The van der Waals surface area contributed by atoms with Crippen LogP contribution >= 0.6 is 0 Å². The summed E-state index contributed by atoms with van der Waals surface area (Å²) in [5.41, 5.74) is 0.801. The molecule has 1 aliphatic rings. The van der Waals surface area contributed by atoms with Crippen LogP contribution in [0.15, 0.2) is 18.5 Å². The van der Waals surface area contributed by atoms with Gasteiger partial charge >= 0.3 is 12.1 Å². The van der Waals surface area contributed by atoms with Crippen LogP contribution in [0.25, 0.3) is 5.65 Å². The van der Waals surface area contributed by atoms with Gasteiger partial charge in [0.15, 0.2) is 5.65 Å². The molecule has 0 saturated carbocycles. The van der Waals surface area contributed by atoms with Gasteiger partial charge in [-0.05, 0) is 26.8 Å². The van der Waals surface area contributed by atoms with Crippen LogP contribution in [0.3, 0.4) is 0 Å². The monoisotopic (exact) mass is 361 g/mol. The van der Waals surface area contributed by atoms with Gasteiger partial charge in [0.05, 0.1) is 18.9 Å². The van der Waals surface area contributed by atoms with E-state index in [1.165, 1.54) is 6.20 Å². The number of fused-ring (bicyclic) bond motifs is 1. The fraction of sp³-hybridized carbons (Fsp3) is 0.529. The summed E-state index contributed by atoms with van der Waals surface area (Å²) in [6.45, 7) is 8.11. The first-order valence-electron chi connectivity index (χ1n) is 8.71. The molecule has 0 unspecified atom stereocenters. The molecular formula is C17H23N5O4. The highest BCUT2D eigenvalue weighted by Crippen LogP contribution is 2.18. The van der Waals surface area contributed by atoms with Crippen molar-refractivity contribution in [3.05, 3.63) is 24.0 Å². The second-order valence-corrected chi connectivity index (χ2v) is 6.24. The zero-order chi connectivity index (χ0) is 18.7.